The number of thiophene rings is 1. The molecule has 1 aliphatic rings. The minimum absolute atomic E-state index is 0.0410. The summed E-state index contributed by atoms with van der Waals surface area (Å²) in [7, 11) is -3.23. The molecule has 0 radical (unpaired) electrons. The molecule has 8 heteroatoms. The third-order valence-electron chi connectivity index (χ3n) is 4.87. The van der Waals surface area contributed by atoms with E-state index in [1.54, 1.807) is 11.3 Å². The van der Waals surface area contributed by atoms with Crippen molar-refractivity contribution >= 4 is 27.3 Å². The maximum atomic E-state index is 12.6. The van der Waals surface area contributed by atoms with Gasteiger partial charge < -0.3 is 5.32 Å². The Balaban J connectivity index is 1.99. The summed E-state index contributed by atoms with van der Waals surface area (Å²) in [6.45, 7) is 7.42. The molecule has 0 bridgehead atoms. The quantitative estimate of drug-likeness (QED) is 0.740. The zero-order valence-corrected chi connectivity index (χ0v) is 16.9. The standard InChI is InChI=1S/C17H29N3O3S2/c1-4-19(5-2)16(15-8-10-24-13-15)11-18-17(21)14-7-6-9-20(12-14)25(3,22)23/h8,10,13-14,16H,4-7,9,11-12H2,1-3H3,(H,18,21)/t14-,16-/m1/s1. The number of rotatable bonds is 8. The summed E-state index contributed by atoms with van der Waals surface area (Å²) in [5.74, 6) is -0.302. The number of carbonyl (C=O) groups is 1. The molecule has 6 nitrogen and oxygen atoms in total. The normalized spacial score (nSPS) is 20.6. The van der Waals surface area contributed by atoms with Gasteiger partial charge in [-0.05, 0) is 48.3 Å². The summed E-state index contributed by atoms with van der Waals surface area (Å²) < 4.78 is 24.9. The van der Waals surface area contributed by atoms with Gasteiger partial charge >= 0.3 is 0 Å². The van der Waals surface area contributed by atoms with Crippen LogP contribution in [-0.2, 0) is 14.8 Å². The zero-order chi connectivity index (χ0) is 18.4. The van der Waals surface area contributed by atoms with Crippen molar-refractivity contribution in [1.29, 1.82) is 0 Å². The molecular formula is C17H29N3O3S2. The first-order valence-corrected chi connectivity index (χ1v) is 11.6. The number of carbonyl (C=O) groups excluding carboxylic acids is 1. The molecule has 2 heterocycles. The molecule has 142 valence electrons. The van der Waals surface area contributed by atoms with Crippen LogP contribution in [0.3, 0.4) is 0 Å². The maximum Gasteiger partial charge on any atom is 0.224 e. The lowest BCUT2D eigenvalue weighted by Gasteiger charge is -2.32. The molecule has 0 aromatic carbocycles. The van der Waals surface area contributed by atoms with Crippen LogP contribution < -0.4 is 5.32 Å². The molecule has 0 aliphatic carbocycles. The Hall–Kier alpha value is -0.960. The van der Waals surface area contributed by atoms with Gasteiger partial charge in [0.25, 0.3) is 0 Å². The Labute approximate surface area is 155 Å². The van der Waals surface area contributed by atoms with Gasteiger partial charge in [0.15, 0.2) is 0 Å². The Morgan fingerprint density at radius 1 is 1.44 bits per heavy atom. The molecule has 1 aliphatic heterocycles. The number of hydrogen-bond acceptors (Lipinski definition) is 5. The van der Waals surface area contributed by atoms with Gasteiger partial charge in [0, 0.05) is 19.6 Å². The maximum absolute atomic E-state index is 12.6. The molecular weight excluding hydrogens is 358 g/mol. The Morgan fingerprint density at radius 3 is 2.72 bits per heavy atom. The van der Waals surface area contributed by atoms with Gasteiger partial charge in [-0.15, -0.1) is 0 Å². The minimum Gasteiger partial charge on any atom is -0.354 e. The van der Waals surface area contributed by atoms with E-state index in [0.29, 0.717) is 19.6 Å². The van der Waals surface area contributed by atoms with Crippen LogP contribution in [0, 0.1) is 5.92 Å². The van der Waals surface area contributed by atoms with Crippen LogP contribution in [0.2, 0.25) is 0 Å². The fourth-order valence-electron chi connectivity index (χ4n) is 3.39. The topological polar surface area (TPSA) is 69.7 Å². The van der Waals surface area contributed by atoms with E-state index < -0.39 is 10.0 Å². The van der Waals surface area contributed by atoms with Crippen molar-refractivity contribution in [3.63, 3.8) is 0 Å². The van der Waals surface area contributed by atoms with Gasteiger partial charge in [-0.25, -0.2) is 12.7 Å². The Kier molecular flexibility index (Phi) is 7.42. The van der Waals surface area contributed by atoms with Gasteiger partial charge in [-0.3, -0.25) is 9.69 Å². The number of piperidine rings is 1. The number of nitrogens with one attached hydrogen (secondary N) is 1. The van der Waals surface area contributed by atoms with E-state index in [9.17, 15) is 13.2 Å². The van der Waals surface area contributed by atoms with Crippen LogP contribution >= 0.6 is 11.3 Å². The molecule has 2 atom stereocenters. The van der Waals surface area contributed by atoms with Gasteiger partial charge in [-0.2, -0.15) is 11.3 Å². The average Bonchev–Trinajstić information content (AvgIpc) is 3.12. The summed E-state index contributed by atoms with van der Waals surface area (Å²) in [4.78, 5) is 14.9. The fraction of sp³-hybridized carbons (Fsp3) is 0.706. The lowest BCUT2D eigenvalue weighted by molar-refractivity contribution is -0.126. The first-order chi connectivity index (χ1) is 11.9. The summed E-state index contributed by atoms with van der Waals surface area (Å²) in [5.41, 5.74) is 1.22. The lowest BCUT2D eigenvalue weighted by Crippen LogP contribution is -2.46. The van der Waals surface area contributed by atoms with E-state index >= 15 is 0 Å². The number of hydrogen-bond donors (Lipinski definition) is 1. The molecule has 2 rings (SSSR count). The van der Waals surface area contributed by atoms with Crippen molar-refractivity contribution in [2.75, 3.05) is 39.0 Å². The van der Waals surface area contributed by atoms with Crippen molar-refractivity contribution in [2.24, 2.45) is 5.92 Å². The molecule has 1 fully saturated rings. The first kappa shape index (κ1) is 20.4. The molecule has 1 N–H and O–H groups in total. The van der Waals surface area contributed by atoms with Gasteiger partial charge in [0.1, 0.15) is 0 Å². The molecule has 0 unspecified atom stereocenters. The largest absolute Gasteiger partial charge is 0.354 e. The summed E-state index contributed by atoms with van der Waals surface area (Å²) in [6.07, 6.45) is 2.68. The van der Waals surface area contributed by atoms with Crippen LogP contribution in [-0.4, -0.2) is 62.5 Å². The second-order valence-electron chi connectivity index (χ2n) is 6.50. The molecule has 0 saturated carbocycles. The van der Waals surface area contributed by atoms with Crippen LogP contribution in [0.5, 0.6) is 0 Å². The molecule has 1 saturated heterocycles. The molecule has 1 amide bonds. The second-order valence-corrected chi connectivity index (χ2v) is 9.26. The van der Waals surface area contributed by atoms with E-state index in [1.807, 2.05) is 0 Å². The summed E-state index contributed by atoms with van der Waals surface area (Å²) in [5, 5.41) is 7.24. The van der Waals surface area contributed by atoms with Gasteiger partial charge in [0.2, 0.25) is 15.9 Å². The van der Waals surface area contributed by atoms with E-state index in [2.05, 4.69) is 40.9 Å². The van der Waals surface area contributed by atoms with Crippen molar-refractivity contribution in [3.8, 4) is 0 Å². The number of sulfonamides is 1. The minimum atomic E-state index is -3.23. The molecule has 0 spiro atoms. The highest BCUT2D eigenvalue weighted by Crippen LogP contribution is 2.23. The van der Waals surface area contributed by atoms with E-state index in [-0.39, 0.29) is 17.9 Å². The van der Waals surface area contributed by atoms with Crippen LogP contribution in [0.15, 0.2) is 16.8 Å². The Morgan fingerprint density at radius 2 is 2.16 bits per heavy atom. The number of likely N-dealkylation sites (N-methyl/N-ethyl adjacent to an activating group) is 1. The van der Waals surface area contributed by atoms with Crippen LogP contribution in [0.4, 0.5) is 0 Å². The highest BCUT2D eigenvalue weighted by Gasteiger charge is 2.30. The smallest absolute Gasteiger partial charge is 0.224 e. The van der Waals surface area contributed by atoms with Gasteiger partial charge in [0.05, 0.1) is 18.2 Å². The van der Waals surface area contributed by atoms with Crippen molar-refractivity contribution < 1.29 is 13.2 Å². The van der Waals surface area contributed by atoms with Crippen LogP contribution in [0.25, 0.3) is 0 Å². The average molecular weight is 388 g/mol. The number of amides is 1. The third-order valence-corrected chi connectivity index (χ3v) is 6.85. The zero-order valence-electron chi connectivity index (χ0n) is 15.3. The first-order valence-electron chi connectivity index (χ1n) is 8.85. The van der Waals surface area contributed by atoms with Gasteiger partial charge in [-0.1, -0.05) is 13.8 Å². The van der Waals surface area contributed by atoms with Crippen molar-refractivity contribution in [3.05, 3.63) is 22.4 Å². The molecule has 1 aromatic heterocycles. The SMILES string of the molecule is CCN(CC)[C@H](CNC(=O)[C@@H]1CCCN(S(C)(=O)=O)C1)c1ccsc1. The van der Waals surface area contributed by atoms with Crippen molar-refractivity contribution in [1.82, 2.24) is 14.5 Å². The highest BCUT2D eigenvalue weighted by molar-refractivity contribution is 7.88. The predicted octanol–water partition coefficient (Wildman–Crippen LogP) is 1.92. The number of nitrogens with zero attached hydrogens (tertiary/aromatic N) is 2. The Bertz CT molecular complexity index is 642. The highest BCUT2D eigenvalue weighted by atomic mass is 32.2. The fourth-order valence-corrected chi connectivity index (χ4v) is 5.00. The summed E-state index contributed by atoms with van der Waals surface area (Å²) in [6, 6.07) is 2.26. The monoisotopic (exact) mass is 387 g/mol. The lowest BCUT2D eigenvalue weighted by atomic mass is 9.98. The van der Waals surface area contributed by atoms with Crippen LogP contribution in [0.1, 0.15) is 38.3 Å². The van der Waals surface area contributed by atoms with E-state index in [0.717, 1.165) is 25.9 Å². The molecule has 1 aromatic rings. The van der Waals surface area contributed by atoms with E-state index in [4.69, 9.17) is 0 Å². The second kappa shape index (κ2) is 9.12. The summed E-state index contributed by atoms with van der Waals surface area (Å²) >= 11 is 1.66. The predicted molar refractivity (Wildman–Crippen MR) is 102 cm³/mol. The third kappa shape index (κ3) is 5.51. The van der Waals surface area contributed by atoms with Crippen molar-refractivity contribution in [2.45, 2.75) is 32.7 Å². The van der Waals surface area contributed by atoms with E-state index in [1.165, 1.54) is 16.1 Å². The molecule has 25 heavy (non-hydrogen) atoms.